The number of nitrogens with zero attached hydrogens (tertiary/aromatic N) is 2. The predicted molar refractivity (Wildman–Crippen MR) is 218 cm³/mol. The molecule has 2 heterocycles. The first-order chi connectivity index (χ1) is 25.7. The average Bonchev–Trinajstić information content (AvgIpc) is 3.75. The number of pyridine rings is 1. The van der Waals surface area contributed by atoms with Crippen molar-refractivity contribution < 1.29 is 0 Å². The molecule has 52 heavy (non-hydrogen) atoms. The molecule has 0 aliphatic heterocycles. The third-order valence-electron chi connectivity index (χ3n) is 10.6. The Kier molecular flexibility index (Phi) is 7.07. The van der Waals surface area contributed by atoms with Gasteiger partial charge in [0.05, 0.1) is 22.4 Å². The van der Waals surface area contributed by atoms with Crippen LogP contribution in [0.2, 0.25) is 0 Å². The smallest absolute Gasteiger partial charge is 0.0715 e. The van der Waals surface area contributed by atoms with E-state index in [1.165, 1.54) is 55.2 Å². The number of allylic oxidation sites excluding steroid dienone is 1. The van der Waals surface area contributed by atoms with Crippen molar-refractivity contribution in [2.24, 2.45) is 0 Å². The van der Waals surface area contributed by atoms with E-state index in [-0.39, 0.29) is 5.92 Å². The van der Waals surface area contributed by atoms with Gasteiger partial charge < -0.3 is 4.57 Å². The van der Waals surface area contributed by atoms with E-state index >= 15 is 0 Å². The van der Waals surface area contributed by atoms with Crippen LogP contribution in [0.1, 0.15) is 22.7 Å². The van der Waals surface area contributed by atoms with Gasteiger partial charge in [-0.25, -0.2) is 4.98 Å². The average molecular weight is 663 g/mol. The number of hydrogen-bond donors (Lipinski definition) is 0. The van der Waals surface area contributed by atoms with Crippen LogP contribution in [0, 0.1) is 0 Å². The second kappa shape index (κ2) is 12.2. The van der Waals surface area contributed by atoms with Crippen LogP contribution in [0.4, 0.5) is 0 Å². The Hall–Kier alpha value is -6.77. The van der Waals surface area contributed by atoms with Gasteiger partial charge >= 0.3 is 0 Å². The SMILES string of the molecule is C=C(c1cc(-c2ccccc2)cc(-c2ccccc2)n1)C1c2ccccc2-c2c(-c3cccc4c3c3ccccc3n4-c3ccccc3)cccc21. The molecule has 0 bridgehead atoms. The molecule has 10 rings (SSSR count). The third-order valence-corrected chi connectivity index (χ3v) is 10.6. The van der Waals surface area contributed by atoms with E-state index in [1.54, 1.807) is 0 Å². The lowest BCUT2D eigenvalue weighted by atomic mass is 9.86. The Balaban J connectivity index is 1.18. The van der Waals surface area contributed by atoms with Crippen LogP contribution in [0.25, 0.3) is 77.7 Å². The Labute approximate surface area is 303 Å². The highest BCUT2D eigenvalue weighted by Gasteiger charge is 2.34. The van der Waals surface area contributed by atoms with Crippen molar-refractivity contribution in [2.45, 2.75) is 5.92 Å². The van der Waals surface area contributed by atoms with Crippen molar-refractivity contribution in [1.82, 2.24) is 9.55 Å². The van der Waals surface area contributed by atoms with Gasteiger partial charge in [0.15, 0.2) is 0 Å². The van der Waals surface area contributed by atoms with Crippen LogP contribution in [0.5, 0.6) is 0 Å². The molecule has 1 atom stereocenters. The molecule has 1 aliphatic carbocycles. The topological polar surface area (TPSA) is 17.8 Å². The van der Waals surface area contributed by atoms with Crippen molar-refractivity contribution >= 4 is 27.4 Å². The molecule has 9 aromatic rings. The molecule has 244 valence electrons. The first-order valence-electron chi connectivity index (χ1n) is 17.9. The molecule has 0 fully saturated rings. The number of rotatable bonds is 6. The van der Waals surface area contributed by atoms with Crippen molar-refractivity contribution in [3.05, 3.63) is 211 Å². The summed E-state index contributed by atoms with van der Waals surface area (Å²) in [4.78, 5) is 5.30. The van der Waals surface area contributed by atoms with E-state index in [2.05, 4.69) is 187 Å². The standard InChI is InChI=1S/C50H34N2/c1-33(44-31-36(34-17-5-2-6-18-34)32-45(51-44)35-19-7-3-8-20-35)48-38-23-11-12-24-39(38)49-40(26-15-28-43(48)49)41-27-16-30-47-50(41)42-25-13-14-29-46(42)52(47)37-21-9-4-10-22-37/h2-32,48H,1H2. The van der Waals surface area contributed by atoms with Gasteiger partial charge in [0.25, 0.3) is 0 Å². The van der Waals surface area contributed by atoms with E-state index < -0.39 is 0 Å². The highest BCUT2D eigenvalue weighted by molar-refractivity contribution is 6.17. The molecule has 2 heteroatoms. The van der Waals surface area contributed by atoms with Gasteiger partial charge in [0.1, 0.15) is 0 Å². The fraction of sp³-hybridized carbons (Fsp3) is 0.0200. The monoisotopic (exact) mass is 662 g/mol. The van der Waals surface area contributed by atoms with E-state index in [9.17, 15) is 0 Å². The maximum atomic E-state index is 5.30. The zero-order chi connectivity index (χ0) is 34.6. The molecule has 7 aromatic carbocycles. The van der Waals surface area contributed by atoms with E-state index in [0.29, 0.717) is 0 Å². The minimum Gasteiger partial charge on any atom is -0.309 e. The number of para-hydroxylation sites is 2. The van der Waals surface area contributed by atoms with E-state index in [0.717, 1.165) is 39.3 Å². The fourth-order valence-electron chi connectivity index (χ4n) is 8.35. The van der Waals surface area contributed by atoms with Crippen LogP contribution in [0.15, 0.2) is 195 Å². The normalized spacial score (nSPS) is 13.3. The second-order valence-electron chi connectivity index (χ2n) is 13.6. The van der Waals surface area contributed by atoms with Gasteiger partial charge in [0.2, 0.25) is 0 Å². The first-order valence-corrected chi connectivity index (χ1v) is 17.9. The zero-order valence-electron chi connectivity index (χ0n) is 28.6. The third kappa shape index (κ3) is 4.76. The number of fused-ring (bicyclic) bond motifs is 6. The van der Waals surface area contributed by atoms with Crippen LogP contribution in [-0.4, -0.2) is 9.55 Å². The number of hydrogen-bond acceptors (Lipinski definition) is 1. The second-order valence-corrected chi connectivity index (χ2v) is 13.6. The summed E-state index contributed by atoms with van der Waals surface area (Å²) in [5.74, 6) is -0.0434. The summed E-state index contributed by atoms with van der Waals surface area (Å²) in [7, 11) is 0. The minimum atomic E-state index is -0.0434. The summed E-state index contributed by atoms with van der Waals surface area (Å²) in [5, 5.41) is 2.51. The summed E-state index contributed by atoms with van der Waals surface area (Å²) < 4.78 is 2.39. The molecule has 0 spiro atoms. The summed E-state index contributed by atoms with van der Waals surface area (Å²) in [6, 6.07) is 67.3. The maximum Gasteiger partial charge on any atom is 0.0715 e. The lowest BCUT2D eigenvalue weighted by molar-refractivity contribution is 1.07. The fourth-order valence-corrected chi connectivity index (χ4v) is 8.35. The number of benzene rings is 7. The molecular weight excluding hydrogens is 629 g/mol. The molecule has 2 aromatic heterocycles. The summed E-state index contributed by atoms with van der Waals surface area (Å²) in [6.07, 6.45) is 0. The van der Waals surface area contributed by atoms with Gasteiger partial charge in [-0.1, -0.05) is 158 Å². The molecule has 1 aliphatic rings. The number of aromatic nitrogens is 2. The first kappa shape index (κ1) is 30.1. The summed E-state index contributed by atoms with van der Waals surface area (Å²) in [5.41, 5.74) is 17.3. The Morgan fingerprint density at radius 3 is 1.88 bits per heavy atom. The molecule has 0 saturated heterocycles. The van der Waals surface area contributed by atoms with E-state index in [4.69, 9.17) is 11.6 Å². The van der Waals surface area contributed by atoms with Crippen LogP contribution < -0.4 is 0 Å². The Bertz CT molecular complexity index is 2740. The summed E-state index contributed by atoms with van der Waals surface area (Å²) in [6.45, 7) is 4.84. The van der Waals surface area contributed by atoms with Gasteiger partial charge in [0, 0.05) is 27.9 Å². The lowest BCUT2D eigenvalue weighted by Crippen LogP contribution is -2.03. The van der Waals surface area contributed by atoms with Crippen molar-refractivity contribution in [1.29, 1.82) is 0 Å². The largest absolute Gasteiger partial charge is 0.309 e. The van der Waals surface area contributed by atoms with Crippen molar-refractivity contribution in [2.75, 3.05) is 0 Å². The van der Waals surface area contributed by atoms with Crippen molar-refractivity contribution in [3.8, 4) is 50.3 Å². The Morgan fingerprint density at radius 2 is 1.08 bits per heavy atom. The molecule has 2 nitrogen and oxygen atoms in total. The van der Waals surface area contributed by atoms with Crippen LogP contribution in [-0.2, 0) is 0 Å². The highest BCUT2D eigenvalue weighted by atomic mass is 15.0. The molecule has 0 amide bonds. The van der Waals surface area contributed by atoms with Gasteiger partial charge in [-0.15, -0.1) is 0 Å². The Morgan fingerprint density at radius 1 is 0.481 bits per heavy atom. The quantitative estimate of drug-likeness (QED) is 0.173. The van der Waals surface area contributed by atoms with E-state index in [1.807, 2.05) is 6.07 Å². The summed E-state index contributed by atoms with van der Waals surface area (Å²) >= 11 is 0. The molecule has 0 saturated carbocycles. The van der Waals surface area contributed by atoms with Crippen LogP contribution in [0.3, 0.4) is 0 Å². The minimum absolute atomic E-state index is 0.0434. The highest BCUT2D eigenvalue weighted by Crippen LogP contribution is 2.54. The van der Waals surface area contributed by atoms with Gasteiger partial charge in [-0.05, 0) is 86.5 Å². The molecular formula is C50H34N2. The molecule has 0 radical (unpaired) electrons. The van der Waals surface area contributed by atoms with Gasteiger partial charge in [-0.2, -0.15) is 0 Å². The zero-order valence-corrected chi connectivity index (χ0v) is 28.6. The lowest BCUT2D eigenvalue weighted by Gasteiger charge is -2.19. The molecule has 0 N–H and O–H groups in total. The maximum absolute atomic E-state index is 5.30. The predicted octanol–water partition coefficient (Wildman–Crippen LogP) is 13.0. The van der Waals surface area contributed by atoms with Gasteiger partial charge in [-0.3, -0.25) is 0 Å². The molecule has 1 unspecified atom stereocenters. The van der Waals surface area contributed by atoms with Crippen LogP contribution >= 0.6 is 0 Å². The van der Waals surface area contributed by atoms with Crippen molar-refractivity contribution in [3.63, 3.8) is 0 Å².